The van der Waals surface area contributed by atoms with Crippen molar-refractivity contribution < 1.29 is 4.79 Å². The number of carbonyl (C=O) groups is 1. The summed E-state index contributed by atoms with van der Waals surface area (Å²) in [6.45, 7) is 6.79. The molecule has 2 bridgehead atoms. The van der Waals surface area contributed by atoms with E-state index in [1.165, 1.54) is 6.42 Å². The van der Waals surface area contributed by atoms with Gasteiger partial charge in [0.2, 0.25) is 0 Å². The summed E-state index contributed by atoms with van der Waals surface area (Å²) in [6, 6.07) is 0. The van der Waals surface area contributed by atoms with Crippen molar-refractivity contribution in [2.24, 2.45) is 16.7 Å². The number of carbonyl (C=O) groups excluding carboxylic acids is 1. The van der Waals surface area contributed by atoms with Crippen LogP contribution in [0.5, 0.6) is 0 Å². The molecule has 0 aromatic heterocycles. The van der Waals surface area contributed by atoms with Gasteiger partial charge in [-0.1, -0.05) is 20.8 Å². The standard InChI is InChI=1S/C10H16O/c1-9(2)7-4-5-10(9,3)6-8(7)11/h7H,4-6H2,1-3H3/t7-,10?/m0/s1. The van der Waals surface area contributed by atoms with Crippen LogP contribution in [0.25, 0.3) is 0 Å². The molecule has 2 aliphatic rings. The monoisotopic (exact) mass is 152 g/mol. The molecule has 2 fully saturated rings. The molecule has 2 atom stereocenters. The lowest BCUT2D eigenvalue weighted by atomic mass is 9.71. The van der Waals surface area contributed by atoms with Crippen LogP contribution in [0.3, 0.4) is 0 Å². The zero-order valence-electron chi connectivity index (χ0n) is 7.61. The van der Waals surface area contributed by atoms with E-state index in [-0.39, 0.29) is 5.41 Å². The summed E-state index contributed by atoms with van der Waals surface area (Å²) in [4.78, 5) is 11.5. The summed E-state index contributed by atoms with van der Waals surface area (Å²) in [6.07, 6.45) is 3.24. The molecule has 2 saturated carbocycles. The summed E-state index contributed by atoms with van der Waals surface area (Å²) in [5.41, 5.74) is 0.610. The highest BCUT2D eigenvalue weighted by Gasteiger charge is 2.60. The number of hydrogen-bond donors (Lipinski definition) is 0. The molecule has 0 spiro atoms. The molecular weight excluding hydrogens is 136 g/mol. The molecule has 0 saturated heterocycles. The van der Waals surface area contributed by atoms with Crippen molar-refractivity contribution in [1.29, 1.82) is 0 Å². The number of fused-ring (bicyclic) bond motifs is 2. The smallest absolute Gasteiger partial charge is 0.137 e. The number of ketones is 1. The highest BCUT2D eigenvalue weighted by molar-refractivity contribution is 5.86. The molecule has 0 aromatic carbocycles. The highest BCUT2D eigenvalue weighted by atomic mass is 16.1. The molecular formula is C10H16O. The molecule has 1 unspecified atom stereocenters. The highest BCUT2D eigenvalue weighted by Crippen LogP contribution is 2.63. The summed E-state index contributed by atoms with van der Waals surface area (Å²) < 4.78 is 0. The molecule has 0 radical (unpaired) electrons. The molecule has 1 nitrogen and oxygen atoms in total. The molecule has 0 amide bonds. The Kier molecular flexibility index (Phi) is 1.13. The van der Waals surface area contributed by atoms with Gasteiger partial charge < -0.3 is 0 Å². The van der Waals surface area contributed by atoms with Crippen LogP contribution in [-0.2, 0) is 4.79 Å². The normalized spacial score (nSPS) is 46.8. The van der Waals surface area contributed by atoms with Crippen molar-refractivity contribution in [1.82, 2.24) is 0 Å². The van der Waals surface area contributed by atoms with Crippen LogP contribution in [0.15, 0.2) is 0 Å². The van der Waals surface area contributed by atoms with E-state index in [1.54, 1.807) is 0 Å². The maximum absolute atomic E-state index is 11.5. The van der Waals surface area contributed by atoms with Gasteiger partial charge in [0.1, 0.15) is 5.78 Å². The molecule has 0 aliphatic heterocycles. The van der Waals surface area contributed by atoms with Crippen LogP contribution in [0.4, 0.5) is 0 Å². The lowest BCUT2D eigenvalue weighted by Crippen LogP contribution is -2.26. The minimum atomic E-state index is 0.282. The minimum absolute atomic E-state index is 0.282. The second kappa shape index (κ2) is 1.70. The third kappa shape index (κ3) is 0.646. The maximum Gasteiger partial charge on any atom is 0.137 e. The predicted molar refractivity (Wildman–Crippen MR) is 44.2 cm³/mol. The van der Waals surface area contributed by atoms with E-state index in [9.17, 15) is 4.79 Å². The first-order valence-corrected chi connectivity index (χ1v) is 4.50. The van der Waals surface area contributed by atoms with E-state index in [1.807, 2.05) is 0 Å². The van der Waals surface area contributed by atoms with Crippen LogP contribution >= 0.6 is 0 Å². The number of hydrogen-bond acceptors (Lipinski definition) is 1. The molecule has 2 aliphatic carbocycles. The Morgan fingerprint density at radius 2 is 2.00 bits per heavy atom. The van der Waals surface area contributed by atoms with E-state index in [0.29, 0.717) is 17.1 Å². The summed E-state index contributed by atoms with van der Waals surface area (Å²) in [7, 11) is 0. The molecule has 11 heavy (non-hydrogen) atoms. The van der Waals surface area contributed by atoms with E-state index in [4.69, 9.17) is 0 Å². The Hall–Kier alpha value is -0.330. The first-order chi connectivity index (χ1) is 4.97. The van der Waals surface area contributed by atoms with Gasteiger partial charge in [-0.3, -0.25) is 4.79 Å². The van der Waals surface area contributed by atoms with Gasteiger partial charge in [-0.05, 0) is 23.7 Å². The van der Waals surface area contributed by atoms with Gasteiger partial charge in [-0.15, -0.1) is 0 Å². The Morgan fingerprint density at radius 1 is 1.36 bits per heavy atom. The van der Waals surface area contributed by atoms with E-state index in [0.717, 1.165) is 12.8 Å². The maximum atomic E-state index is 11.5. The van der Waals surface area contributed by atoms with Crippen LogP contribution in [0.1, 0.15) is 40.0 Å². The van der Waals surface area contributed by atoms with Crippen molar-refractivity contribution in [3.05, 3.63) is 0 Å². The van der Waals surface area contributed by atoms with Crippen LogP contribution in [0, 0.1) is 16.7 Å². The second-order valence-corrected chi connectivity index (χ2v) is 5.02. The van der Waals surface area contributed by atoms with E-state index < -0.39 is 0 Å². The summed E-state index contributed by atoms with van der Waals surface area (Å²) in [5, 5.41) is 0. The Bertz CT molecular complexity index is 214. The van der Waals surface area contributed by atoms with E-state index >= 15 is 0 Å². The van der Waals surface area contributed by atoms with Gasteiger partial charge in [0.15, 0.2) is 0 Å². The van der Waals surface area contributed by atoms with Crippen LogP contribution in [0.2, 0.25) is 0 Å². The van der Waals surface area contributed by atoms with Gasteiger partial charge in [0, 0.05) is 12.3 Å². The topological polar surface area (TPSA) is 17.1 Å². The first kappa shape index (κ1) is 7.33. The fourth-order valence-electron chi connectivity index (χ4n) is 2.95. The van der Waals surface area contributed by atoms with E-state index in [2.05, 4.69) is 20.8 Å². The van der Waals surface area contributed by atoms with Gasteiger partial charge in [-0.25, -0.2) is 0 Å². The van der Waals surface area contributed by atoms with Crippen molar-refractivity contribution >= 4 is 5.78 Å². The van der Waals surface area contributed by atoms with Crippen molar-refractivity contribution in [3.63, 3.8) is 0 Å². The summed E-state index contributed by atoms with van der Waals surface area (Å²) >= 11 is 0. The SMILES string of the molecule is CC12CC[C@@H](C(=O)C1)C2(C)C. The molecule has 62 valence electrons. The molecule has 1 heteroatoms. The zero-order chi connectivity index (χ0) is 8.28. The fourth-order valence-corrected chi connectivity index (χ4v) is 2.95. The van der Waals surface area contributed by atoms with Crippen molar-refractivity contribution in [2.75, 3.05) is 0 Å². The quantitative estimate of drug-likeness (QED) is 0.521. The average Bonchev–Trinajstić information content (AvgIpc) is 2.13. The lowest BCUT2D eigenvalue weighted by Gasteiger charge is -2.33. The zero-order valence-corrected chi connectivity index (χ0v) is 7.61. The van der Waals surface area contributed by atoms with Gasteiger partial charge in [0.05, 0.1) is 0 Å². The predicted octanol–water partition coefficient (Wildman–Crippen LogP) is 2.40. The third-order valence-corrected chi connectivity index (χ3v) is 4.36. The number of Topliss-reactive ketones (excluding diaryl/α,β-unsaturated/α-hetero) is 1. The fraction of sp³-hybridized carbons (Fsp3) is 0.900. The van der Waals surface area contributed by atoms with Gasteiger partial charge >= 0.3 is 0 Å². The summed E-state index contributed by atoms with van der Waals surface area (Å²) in [5.74, 6) is 0.899. The minimum Gasteiger partial charge on any atom is -0.299 e. The van der Waals surface area contributed by atoms with Crippen molar-refractivity contribution in [2.45, 2.75) is 40.0 Å². The Labute approximate surface area is 68.2 Å². The molecule has 0 heterocycles. The first-order valence-electron chi connectivity index (χ1n) is 4.50. The second-order valence-electron chi connectivity index (χ2n) is 5.02. The third-order valence-electron chi connectivity index (χ3n) is 4.36. The van der Waals surface area contributed by atoms with Gasteiger partial charge in [0.25, 0.3) is 0 Å². The Morgan fingerprint density at radius 3 is 2.18 bits per heavy atom. The largest absolute Gasteiger partial charge is 0.299 e. The molecule has 0 aromatic rings. The van der Waals surface area contributed by atoms with Crippen LogP contribution < -0.4 is 0 Å². The molecule has 2 rings (SSSR count). The Balaban J connectivity index is 2.45. The average molecular weight is 152 g/mol. The lowest BCUT2D eigenvalue weighted by molar-refractivity contribution is -0.122. The van der Waals surface area contributed by atoms with Gasteiger partial charge in [-0.2, -0.15) is 0 Å². The van der Waals surface area contributed by atoms with Crippen molar-refractivity contribution in [3.8, 4) is 0 Å². The number of rotatable bonds is 0. The molecule has 0 N–H and O–H groups in total. The van der Waals surface area contributed by atoms with Crippen LogP contribution in [-0.4, -0.2) is 5.78 Å².